The molecule has 1 aromatic rings. The molecule has 2 aliphatic rings. The van der Waals surface area contributed by atoms with E-state index in [0.29, 0.717) is 24.3 Å². The van der Waals surface area contributed by atoms with Crippen LogP contribution in [0.2, 0.25) is 0 Å². The SMILES string of the molecule is CC(CC(=O)NCC(c1ccccc1)N1CCCC1)C1CCNCC1.Cl.Cl. The first-order valence-corrected chi connectivity index (χ1v) is 10.0. The largest absolute Gasteiger partial charge is 0.354 e. The van der Waals surface area contributed by atoms with Crippen molar-refractivity contribution >= 4 is 30.7 Å². The Morgan fingerprint density at radius 3 is 2.41 bits per heavy atom. The van der Waals surface area contributed by atoms with Gasteiger partial charge in [-0.1, -0.05) is 37.3 Å². The van der Waals surface area contributed by atoms with Gasteiger partial charge in [-0.05, 0) is 69.3 Å². The van der Waals surface area contributed by atoms with E-state index in [9.17, 15) is 4.79 Å². The number of nitrogens with zero attached hydrogens (tertiary/aromatic N) is 1. The molecular formula is C21H35Cl2N3O. The minimum atomic E-state index is 0. The van der Waals surface area contributed by atoms with E-state index in [1.165, 1.54) is 31.2 Å². The lowest BCUT2D eigenvalue weighted by atomic mass is 9.84. The number of halogens is 2. The van der Waals surface area contributed by atoms with Gasteiger partial charge in [-0.3, -0.25) is 9.69 Å². The molecule has 0 aromatic heterocycles. The molecule has 6 heteroatoms. The summed E-state index contributed by atoms with van der Waals surface area (Å²) in [6.45, 7) is 7.44. The number of rotatable bonds is 7. The van der Waals surface area contributed by atoms with Crippen LogP contribution >= 0.6 is 24.8 Å². The van der Waals surface area contributed by atoms with Gasteiger partial charge in [0.25, 0.3) is 0 Å². The molecule has 0 aliphatic carbocycles. The molecule has 2 N–H and O–H groups in total. The lowest BCUT2D eigenvalue weighted by Gasteiger charge is -2.30. The Morgan fingerprint density at radius 2 is 1.78 bits per heavy atom. The van der Waals surface area contributed by atoms with E-state index < -0.39 is 0 Å². The fourth-order valence-electron chi connectivity index (χ4n) is 4.34. The predicted octanol–water partition coefficient (Wildman–Crippen LogP) is 3.81. The minimum absolute atomic E-state index is 0. The number of carbonyl (C=O) groups excluding carboxylic acids is 1. The highest BCUT2D eigenvalue weighted by Gasteiger charge is 2.25. The van der Waals surface area contributed by atoms with Gasteiger partial charge in [0, 0.05) is 13.0 Å². The molecule has 2 aliphatic heterocycles. The average Bonchev–Trinajstić information content (AvgIpc) is 3.18. The molecule has 1 amide bonds. The molecule has 2 unspecified atom stereocenters. The molecule has 0 bridgehead atoms. The Labute approximate surface area is 176 Å². The van der Waals surface area contributed by atoms with Gasteiger partial charge in [0.15, 0.2) is 0 Å². The molecule has 2 saturated heterocycles. The van der Waals surface area contributed by atoms with E-state index in [-0.39, 0.29) is 30.7 Å². The highest BCUT2D eigenvalue weighted by Crippen LogP contribution is 2.26. The Morgan fingerprint density at radius 1 is 1.15 bits per heavy atom. The zero-order valence-electron chi connectivity index (χ0n) is 16.4. The molecule has 3 rings (SSSR count). The molecule has 4 nitrogen and oxygen atoms in total. The van der Waals surface area contributed by atoms with E-state index in [4.69, 9.17) is 0 Å². The van der Waals surface area contributed by atoms with E-state index in [2.05, 4.69) is 52.8 Å². The Balaban J connectivity index is 0.00000182. The van der Waals surface area contributed by atoms with Crippen molar-refractivity contribution in [2.45, 2.75) is 45.1 Å². The second kappa shape index (κ2) is 12.6. The van der Waals surface area contributed by atoms with Crippen molar-refractivity contribution < 1.29 is 4.79 Å². The zero-order valence-corrected chi connectivity index (χ0v) is 18.0. The standard InChI is InChI=1S/C21H33N3O.2ClH/c1-17(18-9-11-22-12-10-18)15-21(25)23-16-20(24-13-5-6-14-24)19-7-3-2-4-8-19;;/h2-4,7-8,17-18,20,22H,5-6,9-16H2,1H3,(H,23,25);2*1H. The van der Waals surface area contributed by atoms with Crippen molar-refractivity contribution in [3.63, 3.8) is 0 Å². The van der Waals surface area contributed by atoms with Crippen LogP contribution in [-0.4, -0.2) is 43.5 Å². The Bertz CT molecular complexity index is 531. The maximum Gasteiger partial charge on any atom is 0.220 e. The van der Waals surface area contributed by atoms with Gasteiger partial charge in [0.2, 0.25) is 5.91 Å². The van der Waals surface area contributed by atoms with Crippen LogP contribution in [0.5, 0.6) is 0 Å². The fraction of sp³-hybridized carbons (Fsp3) is 0.667. The zero-order chi connectivity index (χ0) is 17.5. The maximum atomic E-state index is 12.5. The summed E-state index contributed by atoms with van der Waals surface area (Å²) < 4.78 is 0. The van der Waals surface area contributed by atoms with Crippen LogP contribution in [0.4, 0.5) is 0 Å². The van der Waals surface area contributed by atoms with Crippen molar-refractivity contribution in [2.75, 3.05) is 32.7 Å². The van der Waals surface area contributed by atoms with Gasteiger partial charge in [0.1, 0.15) is 0 Å². The Kier molecular flexibility index (Phi) is 11.3. The number of carbonyl (C=O) groups is 1. The highest BCUT2D eigenvalue weighted by molar-refractivity contribution is 5.85. The number of piperidine rings is 1. The summed E-state index contributed by atoms with van der Waals surface area (Å²) >= 11 is 0. The summed E-state index contributed by atoms with van der Waals surface area (Å²) in [7, 11) is 0. The smallest absolute Gasteiger partial charge is 0.220 e. The van der Waals surface area contributed by atoms with Gasteiger partial charge in [0.05, 0.1) is 6.04 Å². The van der Waals surface area contributed by atoms with Crippen LogP contribution < -0.4 is 10.6 Å². The molecule has 2 fully saturated rings. The number of benzene rings is 1. The third-order valence-electron chi connectivity index (χ3n) is 5.95. The minimum Gasteiger partial charge on any atom is -0.354 e. The van der Waals surface area contributed by atoms with Crippen LogP contribution in [-0.2, 0) is 4.79 Å². The summed E-state index contributed by atoms with van der Waals surface area (Å²) in [5, 5.41) is 6.64. The normalized spacial score (nSPS) is 20.2. The summed E-state index contributed by atoms with van der Waals surface area (Å²) in [6, 6.07) is 10.9. The van der Waals surface area contributed by atoms with Crippen molar-refractivity contribution in [1.82, 2.24) is 15.5 Å². The highest BCUT2D eigenvalue weighted by atomic mass is 35.5. The van der Waals surface area contributed by atoms with Gasteiger partial charge >= 0.3 is 0 Å². The van der Waals surface area contributed by atoms with Gasteiger partial charge in [-0.2, -0.15) is 0 Å². The number of hydrogen-bond acceptors (Lipinski definition) is 3. The third kappa shape index (κ3) is 7.26. The van der Waals surface area contributed by atoms with E-state index in [1.807, 2.05) is 0 Å². The molecule has 154 valence electrons. The van der Waals surface area contributed by atoms with Gasteiger partial charge in [-0.15, -0.1) is 24.8 Å². The summed E-state index contributed by atoms with van der Waals surface area (Å²) in [5.74, 6) is 1.38. The Hall–Kier alpha value is -0.810. The molecule has 1 aromatic carbocycles. The quantitative estimate of drug-likeness (QED) is 0.711. The lowest BCUT2D eigenvalue weighted by molar-refractivity contribution is -0.122. The van der Waals surface area contributed by atoms with Gasteiger partial charge in [-0.25, -0.2) is 0 Å². The third-order valence-corrected chi connectivity index (χ3v) is 5.95. The monoisotopic (exact) mass is 415 g/mol. The first kappa shape index (κ1) is 24.2. The molecule has 0 spiro atoms. The second-order valence-corrected chi connectivity index (χ2v) is 7.74. The number of nitrogens with one attached hydrogen (secondary N) is 2. The van der Waals surface area contributed by atoms with E-state index in [1.54, 1.807) is 0 Å². The summed E-state index contributed by atoms with van der Waals surface area (Å²) in [6.07, 6.45) is 5.60. The van der Waals surface area contributed by atoms with Gasteiger partial charge < -0.3 is 10.6 Å². The molecule has 2 heterocycles. The van der Waals surface area contributed by atoms with Crippen molar-refractivity contribution in [2.24, 2.45) is 11.8 Å². The maximum absolute atomic E-state index is 12.5. The second-order valence-electron chi connectivity index (χ2n) is 7.74. The summed E-state index contributed by atoms with van der Waals surface area (Å²) in [4.78, 5) is 15.0. The van der Waals surface area contributed by atoms with Crippen molar-refractivity contribution in [1.29, 1.82) is 0 Å². The van der Waals surface area contributed by atoms with E-state index >= 15 is 0 Å². The van der Waals surface area contributed by atoms with E-state index in [0.717, 1.165) is 32.7 Å². The van der Waals surface area contributed by atoms with Crippen LogP contribution in [0.15, 0.2) is 30.3 Å². The molecule has 27 heavy (non-hydrogen) atoms. The average molecular weight is 416 g/mol. The molecule has 2 atom stereocenters. The number of likely N-dealkylation sites (tertiary alicyclic amines) is 1. The van der Waals surface area contributed by atoms with Crippen LogP contribution in [0.1, 0.15) is 50.6 Å². The predicted molar refractivity (Wildman–Crippen MR) is 117 cm³/mol. The van der Waals surface area contributed by atoms with Crippen molar-refractivity contribution in [3.05, 3.63) is 35.9 Å². The van der Waals surface area contributed by atoms with Crippen LogP contribution in [0.3, 0.4) is 0 Å². The first-order valence-electron chi connectivity index (χ1n) is 10.0. The van der Waals surface area contributed by atoms with Crippen LogP contribution in [0, 0.1) is 11.8 Å². The first-order chi connectivity index (χ1) is 12.2. The van der Waals surface area contributed by atoms with Crippen LogP contribution in [0.25, 0.3) is 0 Å². The number of amides is 1. The molecule has 0 saturated carbocycles. The number of hydrogen-bond donors (Lipinski definition) is 2. The van der Waals surface area contributed by atoms with Crippen molar-refractivity contribution in [3.8, 4) is 0 Å². The lowest BCUT2D eigenvalue weighted by Crippen LogP contribution is -2.38. The molecular weight excluding hydrogens is 381 g/mol. The summed E-state index contributed by atoms with van der Waals surface area (Å²) in [5.41, 5.74) is 1.32. The topological polar surface area (TPSA) is 44.4 Å². The fourth-order valence-corrected chi connectivity index (χ4v) is 4.34. The molecule has 0 radical (unpaired) electrons.